The van der Waals surface area contributed by atoms with Crippen molar-refractivity contribution in [1.82, 2.24) is 5.43 Å². The number of anilines is 1. The van der Waals surface area contributed by atoms with Crippen molar-refractivity contribution >= 4 is 29.0 Å². The summed E-state index contributed by atoms with van der Waals surface area (Å²) in [5, 5.41) is 4.08. The predicted octanol–water partition coefficient (Wildman–Crippen LogP) is 2.32. The normalized spacial score (nSPS) is 19.5. The maximum atomic E-state index is 13.0. The molecule has 0 bridgehead atoms. The van der Waals surface area contributed by atoms with E-state index >= 15 is 0 Å². The minimum absolute atomic E-state index is 0.0788. The highest BCUT2D eigenvalue weighted by molar-refractivity contribution is 6.28. The summed E-state index contributed by atoms with van der Waals surface area (Å²) in [6.07, 6.45) is 1.17. The third kappa shape index (κ3) is 2.97. The van der Waals surface area contributed by atoms with E-state index in [-0.39, 0.29) is 23.0 Å². The number of ketones is 1. The molecule has 25 heavy (non-hydrogen) atoms. The molecule has 0 saturated carbocycles. The number of carbonyl (C=O) groups is 3. The smallest absolute Gasteiger partial charge is 0.256 e. The van der Waals surface area contributed by atoms with Crippen LogP contribution in [0, 0.1) is 11.3 Å². The number of nitrogens with zero attached hydrogens (tertiary/aromatic N) is 2. The molecule has 2 aliphatic rings. The molecule has 1 atom stereocenters. The van der Waals surface area contributed by atoms with Crippen LogP contribution in [-0.4, -0.2) is 29.9 Å². The number of amides is 2. The number of hydrogen-bond donors (Lipinski definition) is 1. The van der Waals surface area contributed by atoms with Crippen LogP contribution in [-0.2, 0) is 16.0 Å². The van der Waals surface area contributed by atoms with Crippen molar-refractivity contribution in [3.63, 3.8) is 0 Å². The predicted molar refractivity (Wildman–Crippen MR) is 95.6 cm³/mol. The third-order valence-electron chi connectivity index (χ3n) is 4.72. The molecular formula is C19H23N3O3. The molecule has 1 N–H and O–H groups in total. The van der Waals surface area contributed by atoms with Gasteiger partial charge in [-0.25, -0.2) is 5.43 Å². The highest BCUT2D eigenvalue weighted by Gasteiger charge is 2.42. The first kappa shape index (κ1) is 17.3. The lowest BCUT2D eigenvalue weighted by Crippen LogP contribution is -2.36. The molecular weight excluding hydrogens is 318 g/mol. The first-order valence-electron chi connectivity index (χ1n) is 8.59. The molecule has 6 nitrogen and oxygen atoms in total. The van der Waals surface area contributed by atoms with Crippen LogP contribution in [0.2, 0.25) is 0 Å². The van der Waals surface area contributed by atoms with Gasteiger partial charge in [0.25, 0.3) is 5.91 Å². The Kier molecular flexibility index (Phi) is 4.22. The summed E-state index contributed by atoms with van der Waals surface area (Å²) >= 11 is 0. The fourth-order valence-electron chi connectivity index (χ4n) is 3.38. The van der Waals surface area contributed by atoms with Gasteiger partial charge in [-0.3, -0.25) is 14.4 Å². The maximum absolute atomic E-state index is 13.0. The van der Waals surface area contributed by atoms with Gasteiger partial charge < -0.3 is 4.90 Å². The Morgan fingerprint density at radius 3 is 2.68 bits per heavy atom. The van der Waals surface area contributed by atoms with E-state index in [2.05, 4.69) is 10.5 Å². The molecule has 1 aromatic carbocycles. The fraction of sp³-hybridized carbons (Fsp3) is 0.474. The number of Topliss-reactive ketones (excluding diaryl/α,β-unsaturated/α-hetero) is 1. The number of fused-ring (bicyclic) bond motifs is 1. The van der Waals surface area contributed by atoms with E-state index in [9.17, 15) is 14.4 Å². The minimum atomic E-state index is -0.882. The molecule has 0 spiro atoms. The molecule has 0 unspecified atom stereocenters. The Balaban J connectivity index is 1.91. The second-order valence-electron chi connectivity index (χ2n) is 7.51. The summed E-state index contributed by atoms with van der Waals surface area (Å²) in [7, 11) is 0. The van der Waals surface area contributed by atoms with E-state index < -0.39 is 5.92 Å². The van der Waals surface area contributed by atoms with Crippen LogP contribution in [0.4, 0.5) is 5.69 Å². The molecule has 6 heteroatoms. The Hall–Kier alpha value is -2.50. The van der Waals surface area contributed by atoms with Gasteiger partial charge in [0.1, 0.15) is 5.92 Å². The summed E-state index contributed by atoms with van der Waals surface area (Å²) in [6.45, 7) is 8.28. The van der Waals surface area contributed by atoms with Crippen molar-refractivity contribution in [3.8, 4) is 0 Å². The van der Waals surface area contributed by atoms with Crippen LogP contribution in [0.25, 0.3) is 0 Å². The quantitative estimate of drug-likeness (QED) is 0.677. The van der Waals surface area contributed by atoms with Crippen molar-refractivity contribution < 1.29 is 14.4 Å². The summed E-state index contributed by atoms with van der Waals surface area (Å²) in [4.78, 5) is 38.9. The molecule has 0 fully saturated rings. The van der Waals surface area contributed by atoms with E-state index in [1.807, 2.05) is 39.8 Å². The zero-order chi connectivity index (χ0) is 18.4. The molecule has 0 saturated heterocycles. The van der Waals surface area contributed by atoms with Gasteiger partial charge in [-0.05, 0) is 30.2 Å². The monoisotopic (exact) mass is 341 g/mol. The van der Waals surface area contributed by atoms with E-state index in [0.717, 1.165) is 17.7 Å². The van der Waals surface area contributed by atoms with Gasteiger partial charge in [-0.2, -0.15) is 5.10 Å². The van der Waals surface area contributed by atoms with Crippen LogP contribution in [0.1, 0.15) is 50.0 Å². The SMILES string of the molecule is CCC(=O)N1CCc2cc(C(=O)[C@@H]3C(=O)NN=C3C(C)(C)C)ccc21. The van der Waals surface area contributed by atoms with E-state index in [4.69, 9.17) is 0 Å². The Labute approximate surface area is 147 Å². The molecule has 2 amide bonds. The summed E-state index contributed by atoms with van der Waals surface area (Å²) in [5.41, 5.74) is 4.95. The molecule has 0 radical (unpaired) electrons. The van der Waals surface area contributed by atoms with Crippen LogP contribution in [0.5, 0.6) is 0 Å². The van der Waals surface area contributed by atoms with E-state index in [0.29, 0.717) is 24.2 Å². The third-order valence-corrected chi connectivity index (χ3v) is 4.72. The van der Waals surface area contributed by atoms with Crippen molar-refractivity contribution in [3.05, 3.63) is 29.3 Å². The van der Waals surface area contributed by atoms with Gasteiger partial charge in [-0.1, -0.05) is 27.7 Å². The van der Waals surface area contributed by atoms with Gasteiger partial charge >= 0.3 is 0 Å². The molecule has 2 aliphatic heterocycles. The summed E-state index contributed by atoms with van der Waals surface area (Å²) in [5.74, 6) is -1.42. The van der Waals surface area contributed by atoms with E-state index in [1.54, 1.807) is 11.0 Å². The average molecular weight is 341 g/mol. The van der Waals surface area contributed by atoms with Gasteiger partial charge in [0.2, 0.25) is 5.91 Å². The summed E-state index contributed by atoms with van der Waals surface area (Å²) in [6, 6.07) is 5.32. The van der Waals surface area contributed by atoms with Crippen LogP contribution in [0.3, 0.4) is 0 Å². The Morgan fingerprint density at radius 2 is 2.04 bits per heavy atom. The first-order chi connectivity index (χ1) is 11.7. The van der Waals surface area contributed by atoms with Gasteiger partial charge in [-0.15, -0.1) is 0 Å². The van der Waals surface area contributed by atoms with Crippen molar-refractivity contribution in [2.45, 2.75) is 40.5 Å². The number of rotatable bonds is 3. The number of hydrazone groups is 1. The van der Waals surface area contributed by atoms with Gasteiger partial charge in [0.05, 0.1) is 5.71 Å². The molecule has 132 valence electrons. The number of hydrogen-bond acceptors (Lipinski definition) is 4. The second-order valence-corrected chi connectivity index (χ2v) is 7.51. The van der Waals surface area contributed by atoms with Crippen LogP contribution in [0.15, 0.2) is 23.3 Å². The summed E-state index contributed by atoms with van der Waals surface area (Å²) < 4.78 is 0. The Bertz CT molecular complexity index is 790. The molecule has 2 heterocycles. The molecule has 0 aliphatic carbocycles. The molecule has 0 aromatic heterocycles. The molecule has 1 aromatic rings. The fourth-order valence-corrected chi connectivity index (χ4v) is 3.38. The average Bonchev–Trinajstić information content (AvgIpc) is 3.16. The van der Waals surface area contributed by atoms with Crippen LogP contribution < -0.4 is 10.3 Å². The number of benzene rings is 1. The highest BCUT2D eigenvalue weighted by atomic mass is 16.2. The number of carbonyl (C=O) groups excluding carboxylic acids is 3. The molecule has 3 rings (SSSR count). The van der Waals surface area contributed by atoms with Crippen molar-refractivity contribution in [2.75, 3.05) is 11.4 Å². The van der Waals surface area contributed by atoms with Crippen molar-refractivity contribution in [2.24, 2.45) is 16.4 Å². The van der Waals surface area contributed by atoms with E-state index in [1.165, 1.54) is 0 Å². The largest absolute Gasteiger partial charge is 0.312 e. The van der Waals surface area contributed by atoms with Crippen molar-refractivity contribution in [1.29, 1.82) is 0 Å². The lowest BCUT2D eigenvalue weighted by molar-refractivity contribution is -0.121. The minimum Gasteiger partial charge on any atom is -0.312 e. The highest BCUT2D eigenvalue weighted by Crippen LogP contribution is 2.32. The lowest BCUT2D eigenvalue weighted by Gasteiger charge is -2.22. The number of nitrogens with one attached hydrogen (secondary N) is 1. The first-order valence-corrected chi connectivity index (χ1v) is 8.59. The lowest BCUT2D eigenvalue weighted by atomic mass is 9.79. The van der Waals surface area contributed by atoms with Gasteiger partial charge in [0.15, 0.2) is 5.78 Å². The maximum Gasteiger partial charge on any atom is 0.256 e. The topological polar surface area (TPSA) is 78.8 Å². The zero-order valence-corrected chi connectivity index (χ0v) is 15.0. The van der Waals surface area contributed by atoms with Crippen LogP contribution >= 0.6 is 0 Å². The second kappa shape index (κ2) is 6.10. The van der Waals surface area contributed by atoms with Gasteiger partial charge in [0, 0.05) is 29.6 Å². The standard InChI is InChI=1S/C19H23N3O3/c1-5-14(23)22-9-8-11-10-12(6-7-13(11)22)16(24)15-17(19(2,3)4)20-21-18(15)25/h6-7,10,15H,5,8-9H2,1-4H3,(H,21,25)/t15-/m0/s1. The Morgan fingerprint density at radius 1 is 1.32 bits per heavy atom. The zero-order valence-electron chi connectivity index (χ0n) is 15.0.